The minimum Gasteiger partial charge on any atom is -0.348 e. The lowest BCUT2D eigenvalue weighted by Gasteiger charge is -2.18. The van der Waals surface area contributed by atoms with E-state index in [1.165, 1.54) is 110 Å². The van der Waals surface area contributed by atoms with Gasteiger partial charge in [-0.05, 0) is 84.8 Å². The second kappa shape index (κ2) is 22.0. The number of hydrogen-bond donors (Lipinski definition) is 0. The molecule has 2 nitrogen and oxygen atoms in total. The van der Waals surface area contributed by atoms with E-state index in [2.05, 4.69) is 86.9 Å². The smallest absolute Gasteiger partial charge is 0.303 e. The van der Waals surface area contributed by atoms with Crippen molar-refractivity contribution in [3.05, 3.63) is 87.5 Å². The zero-order chi connectivity index (χ0) is 29.5. The summed E-state index contributed by atoms with van der Waals surface area (Å²) in [5.41, 5.74) is 18.7. The van der Waals surface area contributed by atoms with E-state index in [0.717, 1.165) is 50.5 Å². The molecule has 0 N–H and O–H groups in total. The van der Waals surface area contributed by atoms with Crippen LogP contribution in [0.25, 0.3) is 11.1 Å². The van der Waals surface area contributed by atoms with Gasteiger partial charge in [0.1, 0.15) is 0 Å². The Bertz CT molecular complexity index is 1090. The number of aryl methyl sites for hydroxylation is 2. The fourth-order valence-corrected chi connectivity index (χ4v) is 5.77. The quantitative estimate of drug-likeness (QED) is 0.0456. The maximum absolute atomic E-state index is 9.62. The zero-order valence-corrected chi connectivity index (χ0v) is 26.9. The SMILES string of the molecule is CCCCCCCCc1ccc(C(=C(CCCCC)C(=C=[N+]=[N-])CCCC)c2cccc(CCCCCC)c2)cc1. The van der Waals surface area contributed by atoms with Gasteiger partial charge in [-0.25, -0.2) is 0 Å². The van der Waals surface area contributed by atoms with Gasteiger partial charge >= 0.3 is 5.87 Å². The summed E-state index contributed by atoms with van der Waals surface area (Å²) in [4.78, 5) is 3.44. The Labute approximate surface area is 253 Å². The van der Waals surface area contributed by atoms with Crippen molar-refractivity contribution in [2.24, 2.45) is 0 Å². The van der Waals surface area contributed by atoms with Crippen LogP contribution in [0.5, 0.6) is 0 Å². The normalized spacial score (nSPS) is 11.6. The van der Waals surface area contributed by atoms with Crippen molar-refractivity contribution < 1.29 is 4.79 Å². The van der Waals surface area contributed by atoms with Crippen LogP contribution in [0.4, 0.5) is 0 Å². The molecule has 0 heterocycles. The van der Waals surface area contributed by atoms with E-state index in [0.29, 0.717) is 0 Å². The van der Waals surface area contributed by atoms with Crippen LogP contribution >= 0.6 is 0 Å². The zero-order valence-electron chi connectivity index (χ0n) is 26.9. The van der Waals surface area contributed by atoms with Gasteiger partial charge in [0.05, 0.1) is 5.57 Å². The lowest BCUT2D eigenvalue weighted by molar-refractivity contribution is 0.00739. The summed E-state index contributed by atoms with van der Waals surface area (Å²) in [6.07, 6.45) is 22.9. The van der Waals surface area contributed by atoms with Gasteiger partial charge in [-0.1, -0.05) is 147 Å². The lowest BCUT2D eigenvalue weighted by atomic mass is 9.84. The summed E-state index contributed by atoms with van der Waals surface area (Å²) >= 11 is 0. The first-order chi connectivity index (χ1) is 20.2. The minimum atomic E-state index is 0.887. The summed E-state index contributed by atoms with van der Waals surface area (Å²) in [6.45, 7) is 9.04. The summed E-state index contributed by atoms with van der Waals surface area (Å²) < 4.78 is 0. The maximum atomic E-state index is 9.62. The van der Waals surface area contributed by atoms with Crippen LogP contribution in [-0.2, 0) is 12.8 Å². The van der Waals surface area contributed by atoms with Gasteiger partial charge in [0.2, 0.25) is 0 Å². The fourth-order valence-electron chi connectivity index (χ4n) is 5.77. The van der Waals surface area contributed by atoms with Crippen LogP contribution in [0.1, 0.15) is 159 Å². The number of hydrogen-bond acceptors (Lipinski definition) is 0. The van der Waals surface area contributed by atoms with Gasteiger partial charge in [0.15, 0.2) is 0 Å². The monoisotopic (exact) mass is 554 g/mol. The third-order valence-electron chi connectivity index (χ3n) is 8.26. The minimum absolute atomic E-state index is 0.887. The molecule has 224 valence electrons. The van der Waals surface area contributed by atoms with Crippen molar-refractivity contribution in [1.29, 1.82) is 0 Å². The first-order valence-corrected chi connectivity index (χ1v) is 17.1. The molecule has 0 unspecified atom stereocenters. The highest BCUT2D eigenvalue weighted by Crippen LogP contribution is 2.35. The molecule has 0 aliphatic carbocycles. The molecule has 0 radical (unpaired) electrons. The first kappa shape index (κ1) is 34.5. The Balaban J connectivity index is 2.51. The molecule has 0 saturated heterocycles. The van der Waals surface area contributed by atoms with Crippen LogP contribution in [0.3, 0.4) is 0 Å². The molecule has 0 atom stereocenters. The van der Waals surface area contributed by atoms with Crippen LogP contribution in [0.2, 0.25) is 0 Å². The van der Waals surface area contributed by atoms with E-state index < -0.39 is 0 Å². The topological polar surface area (TPSA) is 36.4 Å². The lowest BCUT2D eigenvalue weighted by Crippen LogP contribution is -2.02. The highest BCUT2D eigenvalue weighted by molar-refractivity contribution is 5.87. The Hall–Kier alpha value is -2.66. The van der Waals surface area contributed by atoms with Crippen LogP contribution in [0, 0.1) is 0 Å². The number of nitrogens with zero attached hydrogens (tertiary/aromatic N) is 2. The predicted octanol–water partition coefficient (Wildman–Crippen LogP) is 12.1. The summed E-state index contributed by atoms with van der Waals surface area (Å²) in [6, 6.07) is 18.6. The summed E-state index contributed by atoms with van der Waals surface area (Å²) in [5, 5.41) is 0. The van der Waals surface area contributed by atoms with Crippen molar-refractivity contribution in [1.82, 2.24) is 0 Å². The largest absolute Gasteiger partial charge is 0.348 e. The molecule has 2 aromatic carbocycles. The standard InChI is InChI=1S/C39H58N2/c1-5-9-13-15-16-19-21-33-27-29-35(30-28-33)39(36-25-20-23-34(31-36)22-18-14-10-6-2)38(26-17-11-7-3)37(32-41-40)24-12-8-4/h20,23,25,27-31H,5-19,21-22,24,26H2,1-4H3. The number of unbranched alkanes of at least 4 members (excludes halogenated alkanes) is 11. The number of rotatable bonds is 22. The van der Waals surface area contributed by atoms with Gasteiger partial charge in [0.25, 0.3) is 0 Å². The first-order valence-electron chi connectivity index (χ1n) is 17.1. The molecule has 0 saturated carbocycles. The Morgan fingerprint density at radius 3 is 1.83 bits per heavy atom. The van der Waals surface area contributed by atoms with Crippen molar-refractivity contribution in [3.63, 3.8) is 0 Å². The van der Waals surface area contributed by atoms with Crippen molar-refractivity contribution in [2.75, 3.05) is 0 Å². The Morgan fingerprint density at radius 2 is 1.17 bits per heavy atom. The van der Waals surface area contributed by atoms with E-state index in [1.54, 1.807) is 0 Å². The van der Waals surface area contributed by atoms with E-state index in [1.807, 2.05) is 0 Å². The van der Waals surface area contributed by atoms with Crippen molar-refractivity contribution >= 4 is 11.4 Å². The number of allylic oxidation sites excluding steroid dienone is 2. The van der Waals surface area contributed by atoms with Crippen molar-refractivity contribution in [2.45, 2.75) is 150 Å². The highest BCUT2D eigenvalue weighted by atomic mass is 14.8. The fraction of sp³-hybridized carbons (Fsp3) is 0.590. The van der Waals surface area contributed by atoms with Crippen LogP contribution in [-0.4, -0.2) is 10.7 Å². The van der Waals surface area contributed by atoms with E-state index in [-0.39, 0.29) is 0 Å². The molecule has 0 amide bonds. The predicted molar refractivity (Wildman–Crippen MR) is 180 cm³/mol. The van der Waals surface area contributed by atoms with Gasteiger partial charge in [-0.2, -0.15) is 0 Å². The Morgan fingerprint density at radius 1 is 0.585 bits per heavy atom. The van der Waals surface area contributed by atoms with E-state index in [4.69, 9.17) is 0 Å². The average molecular weight is 555 g/mol. The average Bonchev–Trinajstić information content (AvgIpc) is 3.00. The van der Waals surface area contributed by atoms with Crippen LogP contribution < -0.4 is 0 Å². The van der Waals surface area contributed by atoms with E-state index in [9.17, 15) is 5.53 Å². The molecular weight excluding hydrogens is 496 g/mol. The number of benzene rings is 2. The molecule has 2 rings (SSSR count). The molecule has 0 spiro atoms. The van der Waals surface area contributed by atoms with Gasteiger partial charge in [-0.15, -0.1) is 4.79 Å². The molecule has 0 aliphatic rings. The molecule has 41 heavy (non-hydrogen) atoms. The van der Waals surface area contributed by atoms with Crippen LogP contribution in [0.15, 0.2) is 59.7 Å². The molecule has 0 aliphatic heterocycles. The van der Waals surface area contributed by atoms with Gasteiger partial charge in [-0.3, -0.25) is 0 Å². The Kier molecular flexibility index (Phi) is 18.5. The molecule has 0 bridgehead atoms. The van der Waals surface area contributed by atoms with Gasteiger partial charge in [0, 0.05) is 0 Å². The van der Waals surface area contributed by atoms with E-state index >= 15 is 0 Å². The molecule has 2 heteroatoms. The molecular formula is C39H58N2. The molecule has 0 aromatic heterocycles. The summed E-state index contributed by atoms with van der Waals surface area (Å²) in [5.74, 6) is 3.03. The molecule has 0 fully saturated rings. The third kappa shape index (κ3) is 13.2. The van der Waals surface area contributed by atoms with Gasteiger partial charge < -0.3 is 5.53 Å². The highest BCUT2D eigenvalue weighted by Gasteiger charge is 2.18. The second-order valence-electron chi connectivity index (χ2n) is 11.8. The summed E-state index contributed by atoms with van der Waals surface area (Å²) in [7, 11) is 0. The maximum Gasteiger partial charge on any atom is 0.303 e. The molecule has 2 aromatic rings. The van der Waals surface area contributed by atoms with Crippen molar-refractivity contribution in [3.8, 4) is 0 Å². The second-order valence-corrected chi connectivity index (χ2v) is 11.8. The third-order valence-corrected chi connectivity index (χ3v) is 8.26.